The van der Waals surface area contributed by atoms with E-state index >= 15 is 0 Å². The van der Waals surface area contributed by atoms with E-state index < -0.39 is 0 Å². The molecule has 1 aromatic rings. The molecule has 1 unspecified atom stereocenters. The number of rotatable bonds is 3. The number of benzene rings is 1. The monoisotopic (exact) mass is 284 g/mol. The molecular formula is C12H17BrN2O. The summed E-state index contributed by atoms with van der Waals surface area (Å²) in [5.41, 5.74) is 1.26. The maximum absolute atomic E-state index is 5.28. The summed E-state index contributed by atoms with van der Waals surface area (Å²) in [6, 6.07) is 8.77. The molecule has 1 atom stereocenters. The van der Waals surface area contributed by atoms with Crippen LogP contribution in [0.15, 0.2) is 28.7 Å². The zero-order valence-corrected chi connectivity index (χ0v) is 11.0. The second kappa shape index (κ2) is 5.66. The molecule has 0 aliphatic carbocycles. The Hall–Kier alpha value is -0.580. The zero-order valence-electron chi connectivity index (χ0n) is 9.45. The molecule has 3 nitrogen and oxygen atoms in total. The molecular weight excluding hydrogens is 268 g/mol. The number of ether oxygens (including phenoxy) is 1. The van der Waals surface area contributed by atoms with Gasteiger partial charge in [-0.2, -0.15) is 0 Å². The average Bonchev–Trinajstić information content (AvgIpc) is 2.31. The predicted octanol–water partition coefficient (Wildman–Crippen LogP) is 1.87. The average molecular weight is 285 g/mol. The van der Waals surface area contributed by atoms with Crippen LogP contribution in [-0.2, 0) is 4.74 Å². The highest BCUT2D eigenvalue weighted by Gasteiger charge is 2.23. The molecule has 0 amide bonds. The fourth-order valence-electron chi connectivity index (χ4n) is 2.10. The van der Waals surface area contributed by atoms with E-state index in [0.29, 0.717) is 6.04 Å². The molecule has 0 radical (unpaired) electrons. The summed E-state index contributed by atoms with van der Waals surface area (Å²) in [5.74, 6) is 0. The number of para-hydroxylation sites is 1. The third kappa shape index (κ3) is 2.56. The molecule has 2 rings (SSSR count). The summed E-state index contributed by atoms with van der Waals surface area (Å²) in [7, 11) is 1.76. The molecule has 0 saturated carbocycles. The van der Waals surface area contributed by atoms with Crippen LogP contribution in [0.3, 0.4) is 0 Å². The topological polar surface area (TPSA) is 24.5 Å². The van der Waals surface area contributed by atoms with Crippen molar-refractivity contribution in [2.24, 2.45) is 0 Å². The lowest BCUT2D eigenvalue weighted by atomic mass is 10.1. The summed E-state index contributed by atoms with van der Waals surface area (Å²) < 4.78 is 6.43. The van der Waals surface area contributed by atoms with Crippen LogP contribution in [0.25, 0.3) is 0 Å². The minimum atomic E-state index is 0.414. The first-order valence-corrected chi connectivity index (χ1v) is 6.33. The van der Waals surface area contributed by atoms with Crippen LogP contribution in [0.5, 0.6) is 0 Å². The minimum Gasteiger partial charge on any atom is -0.383 e. The number of piperazine rings is 1. The SMILES string of the molecule is COCC1CNCCN1c1ccccc1Br. The normalized spacial score (nSPS) is 21.1. The van der Waals surface area contributed by atoms with E-state index in [2.05, 4.69) is 44.3 Å². The first-order chi connectivity index (χ1) is 7.83. The van der Waals surface area contributed by atoms with Crippen LogP contribution in [0.1, 0.15) is 0 Å². The van der Waals surface area contributed by atoms with E-state index in [4.69, 9.17) is 4.74 Å². The summed E-state index contributed by atoms with van der Waals surface area (Å²) >= 11 is 3.61. The first kappa shape index (κ1) is 11.9. The van der Waals surface area contributed by atoms with Crippen molar-refractivity contribution in [3.8, 4) is 0 Å². The molecule has 1 aromatic carbocycles. The van der Waals surface area contributed by atoms with Crippen molar-refractivity contribution in [3.05, 3.63) is 28.7 Å². The van der Waals surface area contributed by atoms with Crippen molar-refractivity contribution in [3.63, 3.8) is 0 Å². The standard InChI is InChI=1S/C12H17BrN2O/c1-16-9-10-8-14-6-7-15(10)12-5-3-2-4-11(12)13/h2-5,10,14H,6-9H2,1H3. The van der Waals surface area contributed by atoms with Crippen molar-refractivity contribution < 1.29 is 4.74 Å². The minimum absolute atomic E-state index is 0.414. The fourth-order valence-corrected chi connectivity index (χ4v) is 2.62. The van der Waals surface area contributed by atoms with Crippen molar-refractivity contribution in [2.75, 3.05) is 38.3 Å². The third-order valence-corrected chi connectivity index (χ3v) is 3.54. The van der Waals surface area contributed by atoms with Crippen molar-refractivity contribution >= 4 is 21.6 Å². The highest BCUT2D eigenvalue weighted by molar-refractivity contribution is 9.10. The van der Waals surface area contributed by atoms with Crippen LogP contribution in [-0.4, -0.2) is 39.4 Å². The molecule has 1 aliphatic heterocycles. The number of nitrogens with one attached hydrogen (secondary N) is 1. The Kier molecular flexibility index (Phi) is 4.21. The van der Waals surface area contributed by atoms with Crippen LogP contribution in [0, 0.1) is 0 Å². The number of nitrogens with zero attached hydrogens (tertiary/aromatic N) is 1. The van der Waals surface area contributed by atoms with Gasteiger partial charge in [0.05, 0.1) is 18.3 Å². The molecule has 1 N–H and O–H groups in total. The highest BCUT2D eigenvalue weighted by atomic mass is 79.9. The zero-order chi connectivity index (χ0) is 11.4. The van der Waals surface area contributed by atoms with Gasteiger partial charge in [-0.3, -0.25) is 0 Å². The summed E-state index contributed by atoms with van der Waals surface area (Å²) in [4.78, 5) is 2.41. The van der Waals surface area contributed by atoms with E-state index in [0.717, 1.165) is 30.7 Å². The van der Waals surface area contributed by atoms with Gasteiger partial charge in [0.25, 0.3) is 0 Å². The Labute approximate surface area is 105 Å². The van der Waals surface area contributed by atoms with Crippen LogP contribution < -0.4 is 10.2 Å². The molecule has 0 spiro atoms. The molecule has 0 aromatic heterocycles. The maximum Gasteiger partial charge on any atom is 0.0678 e. The summed E-state index contributed by atoms with van der Waals surface area (Å²) in [5, 5.41) is 3.40. The molecule has 4 heteroatoms. The van der Waals surface area contributed by atoms with Crippen LogP contribution in [0.4, 0.5) is 5.69 Å². The maximum atomic E-state index is 5.28. The van der Waals surface area contributed by atoms with Gasteiger partial charge in [0.15, 0.2) is 0 Å². The Morgan fingerprint density at radius 1 is 1.50 bits per heavy atom. The second-order valence-electron chi connectivity index (χ2n) is 3.96. The van der Waals surface area contributed by atoms with Gasteiger partial charge in [0.1, 0.15) is 0 Å². The van der Waals surface area contributed by atoms with Crippen molar-refractivity contribution in [1.82, 2.24) is 5.32 Å². The second-order valence-corrected chi connectivity index (χ2v) is 4.81. The van der Waals surface area contributed by atoms with Gasteiger partial charge in [0, 0.05) is 31.2 Å². The molecule has 1 aliphatic rings. The van der Waals surface area contributed by atoms with Gasteiger partial charge in [0.2, 0.25) is 0 Å². The number of methoxy groups -OCH3 is 1. The van der Waals surface area contributed by atoms with E-state index in [9.17, 15) is 0 Å². The van der Waals surface area contributed by atoms with Crippen LogP contribution in [0.2, 0.25) is 0 Å². The van der Waals surface area contributed by atoms with Crippen LogP contribution >= 0.6 is 15.9 Å². The Morgan fingerprint density at radius 2 is 2.31 bits per heavy atom. The quantitative estimate of drug-likeness (QED) is 0.917. The van der Waals surface area contributed by atoms with Gasteiger partial charge in [-0.25, -0.2) is 0 Å². The van der Waals surface area contributed by atoms with Crippen molar-refractivity contribution in [1.29, 1.82) is 0 Å². The molecule has 1 heterocycles. The summed E-state index contributed by atoms with van der Waals surface area (Å²) in [6.07, 6.45) is 0. The van der Waals surface area contributed by atoms with E-state index in [1.165, 1.54) is 5.69 Å². The predicted molar refractivity (Wildman–Crippen MR) is 70.0 cm³/mol. The van der Waals surface area contributed by atoms with E-state index in [-0.39, 0.29) is 0 Å². The third-order valence-electron chi connectivity index (χ3n) is 2.87. The Bertz CT molecular complexity index is 344. The number of hydrogen-bond acceptors (Lipinski definition) is 3. The molecule has 16 heavy (non-hydrogen) atoms. The van der Waals surface area contributed by atoms with Gasteiger partial charge in [-0.15, -0.1) is 0 Å². The Morgan fingerprint density at radius 3 is 3.06 bits per heavy atom. The molecule has 1 saturated heterocycles. The lowest BCUT2D eigenvalue weighted by Gasteiger charge is -2.38. The highest BCUT2D eigenvalue weighted by Crippen LogP contribution is 2.27. The van der Waals surface area contributed by atoms with Gasteiger partial charge < -0.3 is 15.0 Å². The lowest BCUT2D eigenvalue weighted by Crippen LogP contribution is -2.53. The number of hydrogen-bond donors (Lipinski definition) is 1. The van der Waals surface area contributed by atoms with Gasteiger partial charge in [-0.05, 0) is 28.1 Å². The lowest BCUT2D eigenvalue weighted by molar-refractivity contribution is 0.170. The smallest absolute Gasteiger partial charge is 0.0678 e. The number of anilines is 1. The van der Waals surface area contributed by atoms with E-state index in [1.54, 1.807) is 7.11 Å². The largest absolute Gasteiger partial charge is 0.383 e. The van der Waals surface area contributed by atoms with Gasteiger partial charge in [-0.1, -0.05) is 12.1 Å². The fraction of sp³-hybridized carbons (Fsp3) is 0.500. The molecule has 1 fully saturated rings. The Balaban J connectivity index is 2.19. The number of halogens is 1. The summed E-state index contributed by atoms with van der Waals surface area (Å²) in [6.45, 7) is 3.79. The van der Waals surface area contributed by atoms with Gasteiger partial charge >= 0.3 is 0 Å². The van der Waals surface area contributed by atoms with Crippen molar-refractivity contribution in [2.45, 2.75) is 6.04 Å². The first-order valence-electron chi connectivity index (χ1n) is 5.53. The van der Waals surface area contributed by atoms with E-state index in [1.807, 2.05) is 6.07 Å². The molecule has 0 bridgehead atoms. The molecule has 88 valence electrons.